The molecule has 3 nitrogen and oxygen atoms in total. The highest BCUT2D eigenvalue weighted by molar-refractivity contribution is 7.98. The lowest BCUT2D eigenvalue weighted by Gasteiger charge is -2.13. The van der Waals surface area contributed by atoms with Gasteiger partial charge in [-0.25, -0.2) is 0 Å². The molecule has 7 heteroatoms. The Morgan fingerprint density at radius 2 is 2.10 bits per heavy atom. The van der Waals surface area contributed by atoms with Gasteiger partial charge in [0.2, 0.25) is 0 Å². The Morgan fingerprint density at radius 3 is 2.65 bits per heavy atom. The average Bonchev–Trinajstić information content (AvgIpc) is 3.20. The SMILES string of the molecule is CSc1cc(C(=O)NCC(N)C2CC2)c(Cl)cc1Cl.Cl. The molecule has 1 aromatic carbocycles. The van der Waals surface area contributed by atoms with Crippen molar-refractivity contribution in [2.24, 2.45) is 11.7 Å². The molecule has 1 amide bonds. The molecule has 1 atom stereocenters. The van der Waals surface area contributed by atoms with Crippen LogP contribution in [0.4, 0.5) is 0 Å². The van der Waals surface area contributed by atoms with E-state index in [1.807, 2.05) is 6.26 Å². The summed E-state index contributed by atoms with van der Waals surface area (Å²) in [7, 11) is 0. The second kappa shape index (κ2) is 7.76. The highest BCUT2D eigenvalue weighted by atomic mass is 35.5. The van der Waals surface area contributed by atoms with Gasteiger partial charge in [-0.3, -0.25) is 4.79 Å². The van der Waals surface area contributed by atoms with E-state index in [2.05, 4.69) is 5.32 Å². The van der Waals surface area contributed by atoms with Crippen molar-refractivity contribution < 1.29 is 4.79 Å². The molecule has 1 aliphatic carbocycles. The number of nitrogens with two attached hydrogens (primary N) is 1. The van der Waals surface area contributed by atoms with Crippen LogP contribution >= 0.6 is 47.4 Å². The zero-order valence-electron chi connectivity index (χ0n) is 11.0. The van der Waals surface area contributed by atoms with E-state index >= 15 is 0 Å². The normalized spacial score (nSPS) is 15.4. The molecule has 20 heavy (non-hydrogen) atoms. The summed E-state index contributed by atoms with van der Waals surface area (Å²) in [4.78, 5) is 12.9. The van der Waals surface area contributed by atoms with Gasteiger partial charge in [-0.05, 0) is 37.1 Å². The molecule has 0 heterocycles. The number of benzene rings is 1. The first-order valence-electron chi connectivity index (χ1n) is 6.09. The molecule has 112 valence electrons. The molecule has 1 saturated carbocycles. The maximum Gasteiger partial charge on any atom is 0.252 e. The van der Waals surface area contributed by atoms with Gasteiger partial charge in [0.25, 0.3) is 5.91 Å². The first kappa shape index (κ1) is 17.9. The summed E-state index contributed by atoms with van der Waals surface area (Å²) in [6, 6.07) is 3.35. The molecule has 0 aromatic heterocycles. The lowest BCUT2D eigenvalue weighted by atomic mass is 10.1. The van der Waals surface area contributed by atoms with Crippen molar-refractivity contribution in [1.82, 2.24) is 5.32 Å². The van der Waals surface area contributed by atoms with Crippen LogP contribution in [0.3, 0.4) is 0 Å². The number of thioether (sulfide) groups is 1. The molecule has 0 bridgehead atoms. The van der Waals surface area contributed by atoms with Crippen molar-refractivity contribution in [1.29, 1.82) is 0 Å². The molecule has 1 fully saturated rings. The number of carbonyl (C=O) groups is 1. The summed E-state index contributed by atoms with van der Waals surface area (Å²) in [5.41, 5.74) is 6.39. The summed E-state index contributed by atoms with van der Waals surface area (Å²) in [6.45, 7) is 0.483. The molecule has 1 aromatic rings. The highest BCUT2D eigenvalue weighted by Crippen LogP contribution is 2.32. The predicted molar refractivity (Wildman–Crippen MR) is 88.5 cm³/mol. The Morgan fingerprint density at radius 1 is 1.45 bits per heavy atom. The van der Waals surface area contributed by atoms with Crippen LogP contribution in [0.15, 0.2) is 17.0 Å². The van der Waals surface area contributed by atoms with E-state index in [4.69, 9.17) is 28.9 Å². The molecule has 1 unspecified atom stereocenters. The van der Waals surface area contributed by atoms with Crippen molar-refractivity contribution in [2.45, 2.75) is 23.8 Å². The summed E-state index contributed by atoms with van der Waals surface area (Å²) in [5.74, 6) is 0.357. The monoisotopic (exact) mass is 354 g/mol. The third-order valence-corrected chi connectivity index (χ3v) is 4.73. The lowest BCUT2D eigenvalue weighted by Crippen LogP contribution is -2.38. The largest absolute Gasteiger partial charge is 0.350 e. The molecule has 1 aliphatic rings. The molecule has 2 rings (SSSR count). The van der Waals surface area contributed by atoms with Crippen molar-refractivity contribution in [3.63, 3.8) is 0 Å². The fourth-order valence-corrected chi connectivity index (χ4v) is 3.05. The van der Waals surface area contributed by atoms with Crippen LogP contribution in [-0.2, 0) is 0 Å². The number of halogens is 3. The molecule has 0 aliphatic heterocycles. The standard InChI is InChI=1S/C13H16Cl2N2OS.ClH/c1-19-12-4-8(9(14)5-10(12)15)13(18)17-6-11(16)7-2-3-7;/h4-5,7,11H,2-3,6,16H2,1H3,(H,17,18);1H. The first-order chi connectivity index (χ1) is 9.02. The quantitative estimate of drug-likeness (QED) is 0.793. The second-order valence-electron chi connectivity index (χ2n) is 4.68. The maximum atomic E-state index is 12.1. The smallest absolute Gasteiger partial charge is 0.252 e. The van der Waals surface area contributed by atoms with E-state index in [1.54, 1.807) is 12.1 Å². The van der Waals surface area contributed by atoms with Gasteiger partial charge in [-0.15, -0.1) is 24.2 Å². The summed E-state index contributed by atoms with van der Waals surface area (Å²) < 4.78 is 0. The minimum Gasteiger partial charge on any atom is -0.350 e. The lowest BCUT2D eigenvalue weighted by molar-refractivity contribution is 0.0950. The Bertz CT molecular complexity index is 495. The van der Waals surface area contributed by atoms with Crippen LogP contribution in [0, 0.1) is 5.92 Å². The second-order valence-corrected chi connectivity index (χ2v) is 6.34. The van der Waals surface area contributed by atoms with E-state index in [0.717, 1.165) is 17.7 Å². The Balaban J connectivity index is 0.00000200. The average molecular weight is 356 g/mol. The van der Waals surface area contributed by atoms with Crippen LogP contribution in [0.1, 0.15) is 23.2 Å². The van der Waals surface area contributed by atoms with Crippen LogP contribution < -0.4 is 11.1 Å². The zero-order valence-corrected chi connectivity index (χ0v) is 14.1. The first-order valence-corrected chi connectivity index (χ1v) is 8.07. The minimum absolute atomic E-state index is 0. The van der Waals surface area contributed by atoms with E-state index in [1.165, 1.54) is 11.8 Å². The Kier molecular flexibility index (Phi) is 6.95. The summed E-state index contributed by atoms with van der Waals surface area (Å²) >= 11 is 13.6. The van der Waals surface area contributed by atoms with Crippen LogP contribution in [0.5, 0.6) is 0 Å². The molecular weight excluding hydrogens is 339 g/mol. The number of rotatable bonds is 5. The number of hydrogen-bond donors (Lipinski definition) is 2. The zero-order chi connectivity index (χ0) is 14.0. The number of hydrogen-bond acceptors (Lipinski definition) is 3. The van der Waals surface area contributed by atoms with Crippen molar-refractivity contribution in [3.05, 3.63) is 27.7 Å². The third kappa shape index (κ3) is 4.43. The maximum absolute atomic E-state index is 12.1. The fourth-order valence-electron chi connectivity index (χ4n) is 1.86. The van der Waals surface area contributed by atoms with Gasteiger partial charge in [0.1, 0.15) is 0 Å². The van der Waals surface area contributed by atoms with Gasteiger partial charge >= 0.3 is 0 Å². The van der Waals surface area contributed by atoms with Crippen molar-refractivity contribution in [2.75, 3.05) is 12.8 Å². The van der Waals surface area contributed by atoms with Gasteiger partial charge < -0.3 is 11.1 Å². The fraction of sp³-hybridized carbons (Fsp3) is 0.462. The minimum atomic E-state index is -0.201. The van der Waals surface area contributed by atoms with Gasteiger partial charge in [-0.2, -0.15) is 0 Å². The van der Waals surface area contributed by atoms with E-state index < -0.39 is 0 Å². The van der Waals surface area contributed by atoms with Gasteiger partial charge in [0.05, 0.1) is 15.6 Å². The third-order valence-electron chi connectivity index (χ3n) is 3.21. The van der Waals surface area contributed by atoms with Gasteiger partial charge in [-0.1, -0.05) is 23.2 Å². The van der Waals surface area contributed by atoms with Gasteiger partial charge in [0, 0.05) is 17.5 Å². The predicted octanol–water partition coefficient (Wildman–Crippen LogP) is 3.60. The van der Waals surface area contributed by atoms with Crippen molar-refractivity contribution >= 4 is 53.3 Å². The number of amides is 1. The van der Waals surface area contributed by atoms with Crippen LogP contribution in [0.2, 0.25) is 10.0 Å². The molecular formula is C13H17Cl3N2OS. The Hall–Kier alpha value is -0.130. The highest BCUT2D eigenvalue weighted by Gasteiger charge is 2.28. The molecule has 0 spiro atoms. The summed E-state index contributed by atoms with van der Waals surface area (Å²) in [5, 5.41) is 3.75. The van der Waals surface area contributed by atoms with Gasteiger partial charge in [0.15, 0.2) is 0 Å². The topological polar surface area (TPSA) is 55.1 Å². The summed E-state index contributed by atoms with van der Waals surface area (Å²) in [6.07, 6.45) is 4.23. The van der Waals surface area contributed by atoms with Crippen LogP contribution in [-0.4, -0.2) is 24.7 Å². The molecule has 0 saturated heterocycles. The van der Waals surface area contributed by atoms with E-state index in [0.29, 0.717) is 28.1 Å². The molecule has 3 N–H and O–H groups in total. The molecule has 0 radical (unpaired) electrons. The van der Waals surface area contributed by atoms with Crippen molar-refractivity contribution in [3.8, 4) is 0 Å². The Labute approximate surface area is 139 Å². The number of nitrogens with one attached hydrogen (secondary N) is 1. The van der Waals surface area contributed by atoms with E-state index in [9.17, 15) is 4.79 Å². The van der Waals surface area contributed by atoms with Crippen LogP contribution in [0.25, 0.3) is 0 Å². The van der Waals surface area contributed by atoms with E-state index in [-0.39, 0.29) is 24.4 Å². The number of carbonyl (C=O) groups excluding carboxylic acids is 1.